The van der Waals surface area contributed by atoms with Crippen LogP contribution in [0.1, 0.15) is 25.6 Å². The Labute approximate surface area is 77.1 Å². The number of nitrogens with zero attached hydrogens (tertiary/aromatic N) is 2. The highest BCUT2D eigenvalue weighted by Gasteiger charge is 2.11. The fourth-order valence-electron chi connectivity index (χ4n) is 0.896. The molecule has 0 radical (unpaired) electrons. The molecule has 1 rings (SSSR count). The van der Waals surface area contributed by atoms with Crippen molar-refractivity contribution in [3.05, 3.63) is 5.82 Å². The minimum atomic E-state index is 0.205. The second-order valence-electron chi connectivity index (χ2n) is 3.04. The van der Waals surface area contributed by atoms with Crippen molar-refractivity contribution in [1.29, 1.82) is 0 Å². The van der Waals surface area contributed by atoms with Crippen molar-refractivity contribution < 1.29 is 4.74 Å². The second-order valence-corrected chi connectivity index (χ2v) is 3.04. The average Bonchev–Trinajstić information content (AvgIpc) is 2.09. The van der Waals surface area contributed by atoms with Crippen molar-refractivity contribution in [3.63, 3.8) is 0 Å². The topological polar surface area (TPSA) is 87.0 Å². The molecule has 0 atom stereocenters. The Bertz CT molecular complexity index is 311. The summed E-state index contributed by atoms with van der Waals surface area (Å²) in [7, 11) is 1.50. The molecule has 5 heteroatoms. The smallest absolute Gasteiger partial charge is 0.242 e. The molecule has 0 aliphatic carbocycles. The van der Waals surface area contributed by atoms with Crippen molar-refractivity contribution in [2.24, 2.45) is 0 Å². The van der Waals surface area contributed by atoms with Gasteiger partial charge in [0.05, 0.1) is 7.11 Å². The van der Waals surface area contributed by atoms with Gasteiger partial charge >= 0.3 is 0 Å². The lowest BCUT2D eigenvalue weighted by atomic mass is 10.2. The highest BCUT2D eigenvalue weighted by molar-refractivity contribution is 5.64. The van der Waals surface area contributed by atoms with E-state index in [1.165, 1.54) is 7.11 Å². The van der Waals surface area contributed by atoms with Crippen LogP contribution >= 0.6 is 0 Å². The van der Waals surface area contributed by atoms with Gasteiger partial charge in [-0.25, -0.2) is 4.98 Å². The fraction of sp³-hybridized carbons (Fsp3) is 0.500. The summed E-state index contributed by atoms with van der Waals surface area (Å²) < 4.78 is 4.96. The molecule has 0 aliphatic heterocycles. The van der Waals surface area contributed by atoms with Gasteiger partial charge in [-0.1, -0.05) is 13.8 Å². The Balaban J connectivity index is 3.22. The molecule has 1 aromatic heterocycles. The zero-order valence-corrected chi connectivity index (χ0v) is 8.03. The van der Waals surface area contributed by atoms with Gasteiger partial charge in [-0.15, -0.1) is 0 Å². The standard InChI is InChI=1S/C8H14N4O/c1-4(2)7-11-6(10)5(9)8(12-7)13-3/h4H,9H2,1-3H3,(H2,10,11,12). The van der Waals surface area contributed by atoms with Crippen LogP contribution in [0.3, 0.4) is 0 Å². The SMILES string of the molecule is COc1nc(C(C)C)nc(N)c1N. The maximum Gasteiger partial charge on any atom is 0.242 e. The first kappa shape index (κ1) is 9.57. The van der Waals surface area contributed by atoms with Gasteiger partial charge in [0.25, 0.3) is 0 Å². The normalized spacial score (nSPS) is 10.5. The van der Waals surface area contributed by atoms with Gasteiger partial charge in [-0.05, 0) is 0 Å². The molecule has 0 aliphatic rings. The van der Waals surface area contributed by atoms with Crippen molar-refractivity contribution in [1.82, 2.24) is 9.97 Å². The average molecular weight is 182 g/mol. The minimum absolute atomic E-state index is 0.205. The molecule has 0 amide bonds. The summed E-state index contributed by atoms with van der Waals surface area (Å²) in [4.78, 5) is 8.16. The van der Waals surface area contributed by atoms with E-state index in [-0.39, 0.29) is 11.7 Å². The van der Waals surface area contributed by atoms with E-state index < -0.39 is 0 Å². The molecule has 72 valence electrons. The quantitative estimate of drug-likeness (QED) is 0.705. The Morgan fingerprint density at radius 2 is 1.85 bits per heavy atom. The molecule has 0 saturated carbocycles. The van der Waals surface area contributed by atoms with Crippen LogP contribution in [-0.2, 0) is 0 Å². The van der Waals surface area contributed by atoms with Gasteiger partial charge in [0.2, 0.25) is 5.88 Å². The lowest BCUT2D eigenvalue weighted by Crippen LogP contribution is -2.07. The van der Waals surface area contributed by atoms with E-state index in [4.69, 9.17) is 16.2 Å². The highest BCUT2D eigenvalue weighted by atomic mass is 16.5. The van der Waals surface area contributed by atoms with Crippen molar-refractivity contribution in [2.45, 2.75) is 19.8 Å². The molecule has 1 aromatic rings. The van der Waals surface area contributed by atoms with Gasteiger partial charge in [-0.2, -0.15) is 4.98 Å². The number of aromatic nitrogens is 2. The van der Waals surface area contributed by atoms with E-state index in [0.29, 0.717) is 17.4 Å². The number of hydrogen-bond acceptors (Lipinski definition) is 5. The minimum Gasteiger partial charge on any atom is -0.479 e. The maximum absolute atomic E-state index is 5.59. The summed E-state index contributed by atoms with van der Waals surface area (Å²) in [5, 5.41) is 0. The van der Waals surface area contributed by atoms with Crippen LogP contribution in [0.25, 0.3) is 0 Å². The third-order valence-corrected chi connectivity index (χ3v) is 1.67. The maximum atomic E-state index is 5.59. The van der Waals surface area contributed by atoms with E-state index in [0.717, 1.165) is 0 Å². The predicted molar refractivity (Wildman–Crippen MR) is 51.5 cm³/mol. The molecule has 0 aromatic carbocycles. The monoisotopic (exact) mass is 182 g/mol. The summed E-state index contributed by atoms with van der Waals surface area (Å²) in [6.07, 6.45) is 0. The first-order chi connectivity index (χ1) is 6.06. The van der Waals surface area contributed by atoms with E-state index in [1.807, 2.05) is 13.8 Å². The molecule has 5 nitrogen and oxygen atoms in total. The largest absolute Gasteiger partial charge is 0.479 e. The summed E-state index contributed by atoms with van der Waals surface area (Å²) in [5.74, 6) is 1.46. The highest BCUT2D eigenvalue weighted by Crippen LogP contribution is 2.25. The van der Waals surface area contributed by atoms with Crippen molar-refractivity contribution in [2.75, 3.05) is 18.6 Å². The van der Waals surface area contributed by atoms with E-state index >= 15 is 0 Å². The van der Waals surface area contributed by atoms with Crippen LogP contribution in [0, 0.1) is 0 Å². The summed E-state index contributed by atoms with van der Waals surface area (Å²) in [5.41, 5.74) is 11.5. The molecule has 0 unspecified atom stereocenters. The predicted octanol–water partition coefficient (Wildman–Crippen LogP) is 0.773. The lowest BCUT2D eigenvalue weighted by Gasteiger charge is -2.09. The van der Waals surface area contributed by atoms with E-state index in [9.17, 15) is 0 Å². The molecule has 0 fully saturated rings. The summed E-state index contributed by atoms with van der Waals surface area (Å²) >= 11 is 0. The number of anilines is 2. The van der Waals surface area contributed by atoms with Gasteiger partial charge in [0.1, 0.15) is 11.5 Å². The lowest BCUT2D eigenvalue weighted by molar-refractivity contribution is 0.396. The molecule has 0 bridgehead atoms. The number of methoxy groups -OCH3 is 1. The first-order valence-corrected chi connectivity index (χ1v) is 4.03. The Kier molecular flexibility index (Phi) is 2.55. The second kappa shape index (κ2) is 3.47. The van der Waals surface area contributed by atoms with Crippen LogP contribution in [0.5, 0.6) is 5.88 Å². The van der Waals surface area contributed by atoms with Crippen LogP contribution in [-0.4, -0.2) is 17.1 Å². The fourth-order valence-corrected chi connectivity index (χ4v) is 0.896. The third kappa shape index (κ3) is 1.80. The number of rotatable bonds is 2. The Morgan fingerprint density at radius 1 is 1.23 bits per heavy atom. The number of hydrogen-bond donors (Lipinski definition) is 2. The summed E-state index contributed by atoms with van der Waals surface area (Å²) in [6.45, 7) is 3.95. The molecule has 0 saturated heterocycles. The van der Waals surface area contributed by atoms with E-state index in [2.05, 4.69) is 9.97 Å². The number of ether oxygens (including phenoxy) is 1. The van der Waals surface area contributed by atoms with Gasteiger partial charge in [-0.3, -0.25) is 0 Å². The molecule has 0 spiro atoms. The number of nitrogen functional groups attached to an aromatic ring is 2. The van der Waals surface area contributed by atoms with Crippen LogP contribution in [0.2, 0.25) is 0 Å². The summed E-state index contributed by atoms with van der Waals surface area (Å²) in [6, 6.07) is 0. The van der Waals surface area contributed by atoms with Gasteiger partial charge in [0.15, 0.2) is 5.82 Å². The zero-order valence-electron chi connectivity index (χ0n) is 8.03. The Morgan fingerprint density at radius 3 is 2.31 bits per heavy atom. The molecule has 1 heterocycles. The van der Waals surface area contributed by atoms with Crippen LogP contribution < -0.4 is 16.2 Å². The first-order valence-electron chi connectivity index (χ1n) is 4.03. The zero-order chi connectivity index (χ0) is 10.0. The van der Waals surface area contributed by atoms with Crippen LogP contribution in [0.4, 0.5) is 11.5 Å². The van der Waals surface area contributed by atoms with Gasteiger partial charge < -0.3 is 16.2 Å². The van der Waals surface area contributed by atoms with Crippen LogP contribution in [0.15, 0.2) is 0 Å². The van der Waals surface area contributed by atoms with Crippen molar-refractivity contribution >= 4 is 11.5 Å². The van der Waals surface area contributed by atoms with Gasteiger partial charge in [0, 0.05) is 5.92 Å². The van der Waals surface area contributed by atoms with Crippen molar-refractivity contribution in [3.8, 4) is 5.88 Å². The molecular weight excluding hydrogens is 168 g/mol. The molecule has 4 N–H and O–H groups in total. The Hall–Kier alpha value is -1.52. The van der Waals surface area contributed by atoms with E-state index in [1.54, 1.807) is 0 Å². The third-order valence-electron chi connectivity index (χ3n) is 1.67. The number of nitrogens with two attached hydrogens (primary N) is 2. The molecular formula is C8H14N4O. The molecule has 13 heavy (non-hydrogen) atoms.